The van der Waals surface area contributed by atoms with Gasteiger partial charge in [0.1, 0.15) is 4.75 Å². The van der Waals surface area contributed by atoms with Crippen molar-refractivity contribution in [3.8, 4) is 0 Å². The number of sulfone groups is 1. The first-order valence-corrected chi connectivity index (χ1v) is 10.2. The fourth-order valence-electron chi connectivity index (χ4n) is 5.53. The van der Waals surface area contributed by atoms with Crippen molar-refractivity contribution in [1.82, 2.24) is 4.90 Å². The molecule has 2 bridgehead atoms. The van der Waals surface area contributed by atoms with Crippen LogP contribution in [0.25, 0.3) is 0 Å². The Balaban J connectivity index is 1.84. The summed E-state index contributed by atoms with van der Waals surface area (Å²) >= 11 is 0. The maximum absolute atomic E-state index is 13.1. The van der Waals surface area contributed by atoms with Gasteiger partial charge in [-0.3, -0.25) is 0 Å². The second kappa shape index (κ2) is 4.50. The fraction of sp³-hybridized carbons (Fsp3) is 0.400. The van der Waals surface area contributed by atoms with Crippen molar-refractivity contribution in [3.63, 3.8) is 0 Å². The van der Waals surface area contributed by atoms with Crippen LogP contribution >= 0.6 is 0 Å². The van der Waals surface area contributed by atoms with Gasteiger partial charge in [0.2, 0.25) is 0 Å². The average molecular weight is 339 g/mol. The number of hydrogen-bond acceptors (Lipinski definition) is 3. The van der Waals surface area contributed by atoms with E-state index < -0.39 is 14.6 Å². The molecule has 1 fully saturated rings. The summed E-state index contributed by atoms with van der Waals surface area (Å²) in [7, 11) is 0.933. The van der Waals surface area contributed by atoms with Gasteiger partial charge in [0.25, 0.3) is 0 Å². The van der Waals surface area contributed by atoms with E-state index in [0.717, 1.165) is 6.42 Å². The van der Waals surface area contributed by atoms with Crippen LogP contribution in [0.5, 0.6) is 0 Å². The van der Waals surface area contributed by atoms with Gasteiger partial charge in [-0.1, -0.05) is 48.5 Å². The topological polar surface area (TPSA) is 37.4 Å². The van der Waals surface area contributed by atoms with Crippen molar-refractivity contribution >= 4 is 9.84 Å². The molecular weight excluding hydrogens is 318 g/mol. The molecule has 0 aromatic heterocycles. The number of rotatable bonds is 1. The summed E-state index contributed by atoms with van der Waals surface area (Å²) in [6.07, 6.45) is 0.719. The predicted octanol–water partition coefficient (Wildman–Crippen LogP) is 2.76. The first kappa shape index (κ1) is 14.7. The lowest BCUT2D eigenvalue weighted by atomic mass is 9.56. The molecule has 4 heteroatoms. The minimum absolute atomic E-state index is 0.0407. The Morgan fingerprint density at radius 2 is 1.42 bits per heavy atom. The first-order valence-electron chi connectivity index (χ1n) is 8.54. The highest BCUT2D eigenvalue weighted by molar-refractivity contribution is 7.94. The maximum atomic E-state index is 13.1. The molecule has 24 heavy (non-hydrogen) atoms. The molecule has 4 aliphatic rings. The van der Waals surface area contributed by atoms with E-state index in [9.17, 15) is 8.42 Å². The molecule has 124 valence electrons. The minimum Gasteiger partial charge on any atom is -0.304 e. The molecular formula is C20H21NO2S. The quantitative estimate of drug-likeness (QED) is 0.802. The van der Waals surface area contributed by atoms with Crippen molar-refractivity contribution in [3.05, 3.63) is 70.8 Å². The number of hydrogen-bond donors (Lipinski definition) is 0. The summed E-state index contributed by atoms with van der Waals surface area (Å²) in [5.74, 6) is 0.439. The highest BCUT2D eigenvalue weighted by Crippen LogP contribution is 2.64. The van der Waals surface area contributed by atoms with Gasteiger partial charge in [-0.2, -0.15) is 0 Å². The Morgan fingerprint density at radius 1 is 0.917 bits per heavy atom. The normalized spacial score (nSPS) is 34.7. The van der Waals surface area contributed by atoms with E-state index in [4.69, 9.17) is 0 Å². The molecule has 0 saturated carbocycles. The van der Waals surface area contributed by atoms with E-state index in [-0.39, 0.29) is 23.6 Å². The summed E-state index contributed by atoms with van der Waals surface area (Å²) in [5, 5.41) is 0. The van der Waals surface area contributed by atoms with Gasteiger partial charge in [0.05, 0.1) is 5.75 Å². The molecule has 2 aromatic carbocycles. The van der Waals surface area contributed by atoms with E-state index in [2.05, 4.69) is 41.3 Å². The second-order valence-electron chi connectivity index (χ2n) is 7.66. The first-order chi connectivity index (χ1) is 11.5. The van der Waals surface area contributed by atoms with Crippen LogP contribution in [-0.4, -0.2) is 44.0 Å². The summed E-state index contributed by atoms with van der Waals surface area (Å²) in [6.45, 7) is 0. The van der Waals surface area contributed by atoms with Crippen molar-refractivity contribution in [2.75, 3.05) is 19.8 Å². The standard InChI is InChI=1S/C20H21NO2S/c1-21(2)18-12-24(22,23)20(18)11-17-13-7-3-5-9-15(13)19(20)16-10-6-4-8-14(16)17/h3-10,17-19H,11-12H2,1-2H3/t17?,18-,19?,20-/m0/s1. The molecule has 0 unspecified atom stereocenters. The third-order valence-corrected chi connectivity index (χ3v) is 9.11. The third kappa shape index (κ3) is 1.50. The van der Waals surface area contributed by atoms with E-state index in [1.165, 1.54) is 22.3 Å². The van der Waals surface area contributed by atoms with Gasteiger partial charge in [-0.25, -0.2) is 8.42 Å². The Morgan fingerprint density at radius 3 is 1.88 bits per heavy atom. The maximum Gasteiger partial charge on any atom is 0.160 e. The van der Waals surface area contributed by atoms with Crippen LogP contribution < -0.4 is 0 Å². The van der Waals surface area contributed by atoms with Crippen molar-refractivity contribution in [2.24, 2.45) is 0 Å². The van der Waals surface area contributed by atoms with Crippen molar-refractivity contribution in [2.45, 2.75) is 29.0 Å². The molecule has 1 heterocycles. The lowest BCUT2D eigenvalue weighted by molar-refractivity contribution is 0.173. The predicted molar refractivity (Wildman–Crippen MR) is 95.2 cm³/mol. The Kier molecular flexibility index (Phi) is 2.75. The Bertz CT molecular complexity index is 902. The van der Waals surface area contributed by atoms with Gasteiger partial charge < -0.3 is 4.90 Å². The highest BCUT2D eigenvalue weighted by Gasteiger charge is 2.69. The largest absolute Gasteiger partial charge is 0.304 e. The smallest absolute Gasteiger partial charge is 0.160 e. The van der Waals surface area contributed by atoms with Crippen LogP contribution in [0.2, 0.25) is 0 Å². The second-order valence-corrected chi connectivity index (χ2v) is 9.99. The van der Waals surface area contributed by atoms with Crippen LogP contribution in [0.15, 0.2) is 48.5 Å². The molecule has 0 amide bonds. The molecule has 3 aliphatic carbocycles. The van der Waals surface area contributed by atoms with Crippen LogP contribution in [-0.2, 0) is 9.84 Å². The molecule has 2 atom stereocenters. The average Bonchev–Trinajstić information content (AvgIpc) is 2.59. The monoisotopic (exact) mass is 339 g/mol. The van der Waals surface area contributed by atoms with Gasteiger partial charge in [-0.05, 0) is 42.8 Å². The fourth-order valence-corrected chi connectivity index (χ4v) is 8.30. The van der Waals surface area contributed by atoms with Crippen molar-refractivity contribution < 1.29 is 8.42 Å². The Hall–Kier alpha value is -1.65. The van der Waals surface area contributed by atoms with Gasteiger partial charge >= 0.3 is 0 Å². The molecule has 6 rings (SSSR count). The highest BCUT2D eigenvalue weighted by atomic mass is 32.2. The molecule has 3 nitrogen and oxygen atoms in total. The lowest BCUT2D eigenvalue weighted by Gasteiger charge is -2.61. The molecule has 2 aromatic rings. The zero-order valence-corrected chi connectivity index (χ0v) is 14.8. The van der Waals surface area contributed by atoms with E-state index >= 15 is 0 Å². The van der Waals surface area contributed by atoms with Crippen molar-refractivity contribution in [1.29, 1.82) is 0 Å². The Labute approximate surface area is 143 Å². The summed E-state index contributed by atoms with van der Waals surface area (Å²) < 4.78 is 25.5. The zero-order valence-electron chi connectivity index (χ0n) is 13.9. The van der Waals surface area contributed by atoms with Gasteiger partial charge in [0, 0.05) is 17.9 Å². The summed E-state index contributed by atoms with van der Waals surface area (Å²) in [5.41, 5.74) is 5.10. The SMILES string of the molecule is CN(C)[C@H]1CS(=O)(=O)[C@@]12CC1c3ccccc3C2c2ccccc21. The molecule has 0 radical (unpaired) electrons. The van der Waals surface area contributed by atoms with Crippen LogP contribution in [0.4, 0.5) is 0 Å². The van der Waals surface area contributed by atoms with E-state index in [1.807, 2.05) is 26.2 Å². The van der Waals surface area contributed by atoms with E-state index in [1.54, 1.807) is 0 Å². The molecule has 1 saturated heterocycles. The van der Waals surface area contributed by atoms with Crippen LogP contribution in [0, 0.1) is 0 Å². The van der Waals surface area contributed by atoms with Crippen LogP contribution in [0.3, 0.4) is 0 Å². The zero-order chi connectivity index (χ0) is 16.7. The third-order valence-electron chi connectivity index (χ3n) is 6.52. The minimum atomic E-state index is -3.10. The lowest BCUT2D eigenvalue weighted by Crippen LogP contribution is -2.73. The number of benzene rings is 2. The number of nitrogens with zero attached hydrogens (tertiary/aromatic N) is 1. The van der Waals surface area contributed by atoms with Gasteiger partial charge in [0.15, 0.2) is 9.84 Å². The summed E-state index contributed by atoms with van der Waals surface area (Å²) in [4.78, 5) is 2.12. The summed E-state index contributed by atoms with van der Waals surface area (Å²) in [6, 6.07) is 17.0. The molecule has 0 N–H and O–H groups in total. The van der Waals surface area contributed by atoms with Gasteiger partial charge in [-0.15, -0.1) is 0 Å². The molecule has 1 spiro atoms. The molecule has 1 aliphatic heterocycles. The van der Waals surface area contributed by atoms with Crippen LogP contribution in [0.1, 0.15) is 40.5 Å². The van der Waals surface area contributed by atoms with E-state index in [0.29, 0.717) is 0 Å².